The smallest absolute Gasteiger partial charge is 0.138 e. The van der Waals surface area contributed by atoms with Crippen molar-refractivity contribution in [2.75, 3.05) is 4.23 Å². The topological polar surface area (TPSA) is 23.5 Å². The highest BCUT2D eigenvalue weighted by Crippen LogP contribution is 2.34. The van der Waals surface area contributed by atoms with E-state index in [1.54, 1.807) is 6.07 Å². The molecule has 2 nitrogen and oxygen atoms in total. The van der Waals surface area contributed by atoms with Crippen molar-refractivity contribution >= 4 is 22.2 Å². The number of para-hydroxylation sites is 2. The van der Waals surface area contributed by atoms with Gasteiger partial charge in [0.05, 0.1) is 5.69 Å². The summed E-state index contributed by atoms with van der Waals surface area (Å²) < 4.78 is 2.52. The van der Waals surface area contributed by atoms with Crippen molar-refractivity contribution < 1.29 is 5.11 Å². The van der Waals surface area contributed by atoms with Crippen LogP contribution in [0.1, 0.15) is 0 Å². The third-order valence-corrected chi connectivity index (χ3v) is 9.65. The second-order valence-corrected chi connectivity index (χ2v) is 16.2. The Hall–Kier alpha value is -0.746. The molecule has 1 rings (SSSR count). The molecule has 1 N–H and O–H groups in total. The summed E-state index contributed by atoms with van der Waals surface area (Å²) in [5.74, 6) is 0.410. The molecule has 0 aliphatic heterocycles. The van der Waals surface area contributed by atoms with Gasteiger partial charge in [-0.2, -0.15) is 0 Å². The van der Waals surface area contributed by atoms with Gasteiger partial charge < -0.3 is 9.34 Å². The molecule has 90 valence electrons. The number of aromatic hydroxyl groups is 1. The van der Waals surface area contributed by atoms with E-state index in [0.717, 1.165) is 5.69 Å². The highest BCUT2D eigenvalue weighted by molar-refractivity contribution is 6.99. The lowest BCUT2D eigenvalue weighted by Gasteiger charge is -2.46. The maximum Gasteiger partial charge on any atom is 0.138 e. The van der Waals surface area contributed by atoms with Crippen molar-refractivity contribution in [3.63, 3.8) is 0 Å². The lowest BCUT2D eigenvalue weighted by Crippen LogP contribution is -2.59. The van der Waals surface area contributed by atoms with E-state index in [0.29, 0.717) is 5.75 Å². The zero-order valence-electron chi connectivity index (χ0n) is 11.2. The van der Waals surface area contributed by atoms with E-state index >= 15 is 0 Å². The van der Waals surface area contributed by atoms with Gasteiger partial charge in [0.1, 0.15) is 22.2 Å². The average molecular weight is 253 g/mol. The van der Waals surface area contributed by atoms with Crippen molar-refractivity contribution in [3.8, 4) is 5.75 Å². The molecule has 0 unspecified atom stereocenters. The predicted molar refractivity (Wildman–Crippen MR) is 77.3 cm³/mol. The first-order chi connectivity index (χ1) is 7.14. The summed E-state index contributed by atoms with van der Waals surface area (Å²) >= 11 is 0. The Labute approximate surface area is 101 Å². The van der Waals surface area contributed by atoms with Gasteiger partial charge in [-0.05, 0) is 12.1 Å². The van der Waals surface area contributed by atoms with E-state index in [1.165, 1.54) is 0 Å². The van der Waals surface area contributed by atoms with E-state index in [4.69, 9.17) is 0 Å². The third kappa shape index (κ3) is 2.89. The first-order valence-corrected chi connectivity index (χ1v) is 12.6. The summed E-state index contributed by atoms with van der Waals surface area (Å²) in [5, 5.41) is 10.0. The van der Waals surface area contributed by atoms with Gasteiger partial charge in [0.2, 0.25) is 0 Å². The van der Waals surface area contributed by atoms with Gasteiger partial charge in [0.25, 0.3) is 0 Å². The molecule has 1 aromatic rings. The Morgan fingerprint density at radius 3 is 1.69 bits per heavy atom. The standard InChI is InChI=1S/C12H23NOSi2/c1-15(2,3)13(16(4,5)6)11-9-7-8-10-12(11)14/h7-10,14H,1-6H3. The fraction of sp³-hybridized carbons (Fsp3) is 0.500. The molecule has 0 aromatic heterocycles. The minimum absolute atomic E-state index is 0.410. The second-order valence-electron chi connectivity index (χ2n) is 6.17. The van der Waals surface area contributed by atoms with Crippen LogP contribution in [0.4, 0.5) is 5.69 Å². The molecule has 0 fully saturated rings. The molecule has 4 heteroatoms. The number of hydrogen-bond acceptors (Lipinski definition) is 2. The summed E-state index contributed by atoms with van der Waals surface area (Å²) in [5.41, 5.74) is 1.01. The van der Waals surface area contributed by atoms with Crippen molar-refractivity contribution in [3.05, 3.63) is 24.3 Å². The van der Waals surface area contributed by atoms with E-state index < -0.39 is 16.5 Å². The molecule has 1 aromatic carbocycles. The Bertz CT molecular complexity index is 352. The van der Waals surface area contributed by atoms with Gasteiger partial charge >= 0.3 is 0 Å². The van der Waals surface area contributed by atoms with Crippen LogP contribution in [0, 0.1) is 0 Å². The molecule has 0 saturated heterocycles. The first-order valence-electron chi connectivity index (χ1n) is 5.72. The zero-order valence-corrected chi connectivity index (χ0v) is 13.2. The van der Waals surface area contributed by atoms with Crippen LogP contribution in [0.25, 0.3) is 0 Å². The lowest BCUT2D eigenvalue weighted by atomic mass is 10.3. The molecule has 0 radical (unpaired) electrons. The van der Waals surface area contributed by atoms with Crippen LogP contribution < -0.4 is 4.23 Å². The van der Waals surface area contributed by atoms with E-state index in [1.807, 2.05) is 18.2 Å². The highest BCUT2D eigenvalue weighted by Gasteiger charge is 2.35. The molecular weight excluding hydrogens is 230 g/mol. The van der Waals surface area contributed by atoms with Gasteiger partial charge in [-0.1, -0.05) is 51.4 Å². The van der Waals surface area contributed by atoms with Gasteiger partial charge in [0.15, 0.2) is 0 Å². The molecule has 0 saturated carbocycles. The number of hydrogen-bond donors (Lipinski definition) is 1. The third-order valence-electron chi connectivity index (χ3n) is 2.46. The monoisotopic (exact) mass is 253 g/mol. The quantitative estimate of drug-likeness (QED) is 0.827. The van der Waals surface area contributed by atoms with E-state index in [9.17, 15) is 5.11 Å². The molecule has 0 amide bonds. The van der Waals surface area contributed by atoms with Crippen LogP contribution in [0.2, 0.25) is 39.3 Å². The summed E-state index contributed by atoms with van der Waals surface area (Å²) in [4.78, 5) is 0. The van der Waals surface area contributed by atoms with Crippen LogP contribution in [-0.4, -0.2) is 21.6 Å². The molecular formula is C12H23NOSi2. The van der Waals surface area contributed by atoms with Crippen LogP contribution in [-0.2, 0) is 0 Å². The molecule has 0 bridgehead atoms. The molecule has 0 aliphatic rings. The second kappa shape index (κ2) is 4.26. The highest BCUT2D eigenvalue weighted by atomic mass is 28.4. The van der Waals surface area contributed by atoms with Gasteiger partial charge in [-0.15, -0.1) is 0 Å². The maximum atomic E-state index is 10.0. The normalized spacial score (nSPS) is 12.6. The number of phenolic OH excluding ortho intramolecular Hbond substituents is 1. The fourth-order valence-electron chi connectivity index (χ4n) is 2.38. The van der Waals surface area contributed by atoms with Crippen molar-refractivity contribution in [1.29, 1.82) is 0 Å². The number of nitrogens with zero attached hydrogens (tertiary/aromatic N) is 1. The molecule has 0 spiro atoms. The molecule has 16 heavy (non-hydrogen) atoms. The van der Waals surface area contributed by atoms with Crippen LogP contribution in [0.15, 0.2) is 24.3 Å². The molecule has 0 aliphatic carbocycles. The number of phenols is 1. The SMILES string of the molecule is C[Si](C)(C)N(c1ccccc1O)[Si](C)(C)C. The summed E-state index contributed by atoms with van der Waals surface area (Å²) in [6.45, 7) is 14.0. The first kappa shape index (κ1) is 13.3. The van der Waals surface area contributed by atoms with Crippen LogP contribution in [0.3, 0.4) is 0 Å². The van der Waals surface area contributed by atoms with Gasteiger partial charge in [-0.3, -0.25) is 0 Å². The fourth-order valence-corrected chi connectivity index (χ4v) is 12.3. The summed E-state index contributed by atoms with van der Waals surface area (Å²) in [6, 6.07) is 7.70. The number of rotatable bonds is 3. The largest absolute Gasteiger partial charge is 0.506 e. The molecule has 0 atom stereocenters. The lowest BCUT2D eigenvalue weighted by molar-refractivity contribution is 0.477. The average Bonchev–Trinajstić information content (AvgIpc) is 2.03. The van der Waals surface area contributed by atoms with Crippen molar-refractivity contribution in [2.24, 2.45) is 0 Å². The van der Waals surface area contributed by atoms with Crippen molar-refractivity contribution in [2.45, 2.75) is 39.3 Å². The number of benzene rings is 1. The zero-order chi connectivity index (χ0) is 12.6. The Morgan fingerprint density at radius 2 is 1.31 bits per heavy atom. The van der Waals surface area contributed by atoms with Crippen LogP contribution in [0.5, 0.6) is 5.75 Å². The Balaban J connectivity index is 3.29. The summed E-state index contributed by atoms with van der Waals surface area (Å²) in [6.07, 6.45) is 0. The van der Waals surface area contributed by atoms with Gasteiger partial charge in [0, 0.05) is 0 Å². The van der Waals surface area contributed by atoms with Gasteiger partial charge in [-0.25, -0.2) is 0 Å². The minimum Gasteiger partial charge on any atom is -0.506 e. The predicted octanol–water partition coefficient (Wildman–Crippen LogP) is 3.87. The Kier molecular flexibility index (Phi) is 3.54. The van der Waals surface area contributed by atoms with Crippen LogP contribution >= 0.6 is 0 Å². The minimum atomic E-state index is -1.46. The Morgan fingerprint density at radius 1 is 0.875 bits per heavy atom. The van der Waals surface area contributed by atoms with Crippen molar-refractivity contribution in [1.82, 2.24) is 0 Å². The number of anilines is 1. The van der Waals surface area contributed by atoms with E-state index in [2.05, 4.69) is 43.5 Å². The summed E-state index contributed by atoms with van der Waals surface area (Å²) in [7, 11) is -2.92. The maximum absolute atomic E-state index is 10.0. The molecule has 0 heterocycles. The van der Waals surface area contributed by atoms with E-state index in [-0.39, 0.29) is 0 Å².